The van der Waals surface area contributed by atoms with Crippen molar-refractivity contribution in [1.29, 1.82) is 0 Å². The molecule has 2 aromatic carbocycles. The molecule has 1 aromatic heterocycles. The molecule has 2 heterocycles. The molecular weight excluding hydrogens is 280 g/mol. The highest BCUT2D eigenvalue weighted by Gasteiger charge is 2.27. The van der Waals surface area contributed by atoms with Crippen LogP contribution in [0.1, 0.15) is 27.8 Å². The summed E-state index contributed by atoms with van der Waals surface area (Å²) in [7, 11) is 0. The lowest BCUT2D eigenvalue weighted by Crippen LogP contribution is -2.14. The van der Waals surface area contributed by atoms with Crippen LogP contribution >= 0.6 is 0 Å². The minimum absolute atomic E-state index is 1.03. The fourth-order valence-electron chi connectivity index (χ4n) is 4.04. The quantitative estimate of drug-likeness (QED) is 0.521. The summed E-state index contributed by atoms with van der Waals surface area (Å²) in [6.45, 7) is 1.03. The van der Waals surface area contributed by atoms with E-state index in [0.717, 1.165) is 31.6 Å². The second kappa shape index (κ2) is 4.95. The molecule has 5 rings (SSSR count). The molecule has 0 radical (unpaired) electrons. The molecule has 0 bridgehead atoms. The summed E-state index contributed by atoms with van der Waals surface area (Å²) in [5.41, 5.74) is 8.92. The van der Waals surface area contributed by atoms with Gasteiger partial charge in [-0.1, -0.05) is 36.4 Å². The zero-order chi connectivity index (χ0) is 15.2. The SMILES string of the molecule is c1ccc(N2CCc3c2ccc2c3Cc3ccccc3C2)nc1. The highest BCUT2D eigenvalue weighted by atomic mass is 15.2. The minimum atomic E-state index is 1.03. The molecule has 0 N–H and O–H groups in total. The lowest BCUT2D eigenvalue weighted by atomic mass is 9.83. The molecule has 1 aliphatic heterocycles. The summed E-state index contributed by atoms with van der Waals surface area (Å²) >= 11 is 0. The van der Waals surface area contributed by atoms with Crippen LogP contribution in [0.15, 0.2) is 60.8 Å². The maximum atomic E-state index is 4.53. The van der Waals surface area contributed by atoms with Crippen molar-refractivity contribution in [3.63, 3.8) is 0 Å². The van der Waals surface area contributed by atoms with E-state index in [-0.39, 0.29) is 0 Å². The molecular formula is C21H18N2. The number of aromatic nitrogens is 1. The van der Waals surface area contributed by atoms with Gasteiger partial charge in [-0.05, 0) is 65.3 Å². The number of benzene rings is 2. The topological polar surface area (TPSA) is 16.1 Å². The van der Waals surface area contributed by atoms with Crippen LogP contribution in [0.2, 0.25) is 0 Å². The largest absolute Gasteiger partial charge is 0.326 e. The molecule has 2 aliphatic rings. The van der Waals surface area contributed by atoms with E-state index in [9.17, 15) is 0 Å². The van der Waals surface area contributed by atoms with E-state index in [1.54, 1.807) is 5.56 Å². The molecule has 3 aromatic rings. The van der Waals surface area contributed by atoms with Gasteiger partial charge in [-0.15, -0.1) is 0 Å². The fraction of sp³-hybridized carbons (Fsp3) is 0.190. The maximum absolute atomic E-state index is 4.53. The van der Waals surface area contributed by atoms with Crippen molar-refractivity contribution in [3.05, 3.63) is 88.6 Å². The summed E-state index contributed by atoms with van der Waals surface area (Å²) in [5, 5.41) is 0. The van der Waals surface area contributed by atoms with E-state index in [2.05, 4.69) is 58.4 Å². The number of hydrogen-bond acceptors (Lipinski definition) is 2. The summed E-state index contributed by atoms with van der Waals surface area (Å²) < 4.78 is 0. The zero-order valence-electron chi connectivity index (χ0n) is 13.0. The number of anilines is 2. The van der Waals surface area contributed by atoms with Crippen molar-refractivity contribution >= 4 is 11.5 Å². The summed E-state index contributed by atoms with van der Waals surface area (Å²) in [5.74, 6) is 1.06. The van der Waals surface area contributed by atoms with Gasteiger partial charge in [0, 0.05) is 18.4 Å². The highest BCUT2D eigenvalue weighted by Crippen LogP contribution is 2.40. The van der Waals surface area contributed by atoms with Gasteiger partial charge in [0.05, 0.1) is 0 Å². The average Bonchev–Trinajstić information content (AvgIpc) is 3.05. The number of fused-ring (bicyclic) bond motifs is 4. The maximum Gasteiger partial charge on any atom is 0.132 e. The van der Waals surface area contributed by atoms with E-state index in [4.69, 9.17) is 0 Å². The van der Waals surface area contributed by atoms with E-state index in [1.165, 1.54) is 27.9 Å². The van der Waals surface area contributed by atoms with Crippen LogP contribution in [-0.4, -0.2) is 11.5 Å². The van der Waals surface area contributed by atoms with Crippen LogP contribution in [0.25, 0.3) is 0 Å². The number of hydrogen-bond donors (Lipinski definition) is 0. The number of pyridine rings is 1. The third-order valence-electron chi connectivity index (χ3n) is 5.17. The van der Waals surface area contributed by atoms with Crippen molar-refractivity contribution in [2.24, 2.45) is 0 Å². The Morgan fingerprint density at radius 2 is 1.57 bits per heavy atom. The second-order valence-corrected chi connectivity index (χ2v) is 6.41. The molecule has 1 aliphatic carbocycles. The third kappa shape index (κ3) is 1.98. The Hall–Kier alpha value is -2.61. The first-order valence-corrected chi connectivity index (χ1v) is 8.29. The summed E-state index contributed by atoms with van der Waals surface area (Å²) in [6.07, 6.45) is 5.15. The smallest absolute Gasteiger partial charge is 0.132 e. The molecule has 2 nitrogen and oxygen atoms in total. The Labute approximate surface area is 136 Å². The second-order valence-electron chi connectivity index (χ2n) is 6.41. The van der Waals surface area contributed by atoms with Crippen molar-refractivity contribution < 1.29 is 0 Å². The Morgan fingerprint density at radius 3 is 2.39 bits per heavy atom. The van der Waals surface area contributed by atoms with Gasteiger partial charge in [-0.2, -0.15) is 0 Å². The summed E-state index contributed by atoms with van der Waals surface area (Å²) in [4.78, 5) is 6.89. The molecule has 23 heavy (non-hydrogen) atoms. The Balaban J connectivity index is 1.60. The normalized spacial score (nSPS) is 15.0. The molecule has 0 unspecified atom stereocenters. The average molecular weight is 298 g/mol. The van der Waals surface area contributed by atoms with Crippen LogP contribution in [-0.2, 0) is 19.3 Å². The predicted molar refractivity (Wildman–Crippen MR) is 93.4 cm³/mol. The van der Waals surface area contributed by atoms with Crippen molar-refractivity contribution in [1.82, 2.24) is 4.98 Å². The molecule has 0 saturated carbocycles. The molecule has 0 amide bonds. The minimum Gasteiger partial charge on any atom is -0.326 e. The highest BCUT2D eigenvalue weighted by molar-refractivity contribution is 5.71. The lowest BCUT2D eigenvalue weighted by molar-refractivity contribution is 0.948. The zero-order valence-corrected chi connectivity index (χ0v) is 13.0. The molecule has 112 valence electrons. The third-order valence-corrected chi connectivity index (χ3v) is 5.17. The fourth-order valence-corrected chi connectivity index (χ4v) is 4.04. The van der Waals surface area contributed by atoms with Crippen molar-refractivity contribution in [3.8, 4) is 0 Å². The van der Waals surface area contributed by atoms with Crippen molar-refractivity contribution in [2.75, 3.05) is 11.4 Å². The van der Waals surface area contributed by atoms with Gasteiger partial charge in [0.1, 0.15) is 5.82 Å². The van der Waals surface area contributed by atoms with Gasteiger partial charge in [-0.25, -0.2) is 4.98 Å². The van der Waals surface area contributed by atoms with Gasteiger partial charge in [-0.3, -0.25) is 0 Å². The molecule has 2 heteroatoms. The first kappa shape index (κ1) is 12.9. The monoisotopic (exact) mass is 298 g/mol. The number of rotatable bonds is 1. The van der Waals surface area contributed by atoms with E-state index in [0.29, 0.717) is 0 Å². The van der Waals surface area contributed by atoms with Gasteiger partial charge in [0.2, 0.25) is 0 Å². The van der Waals surface area contributed by atoms with E-state index in [1.807, 2.05) is 12.3 Å². The Morgan fingerprint density at radius 1 is 0.739 bits per heavy atom. The van der Waals surface area contributed by atoms with Gasteiger partial charge < -0.3 is 4.90 Å². The Bertz CT molecular complexity index is 884. The van der Waals surface area contributed by atoms with Crippen LogP contribution < -0.4 is 4.90 Å². The molecule has 0 saturated heterocycles. The van der Waals surface area contributed by atoms with Crippen LogP contribution in [0.4, 0.5) is 11.5 Å². The van der Waals surface area contributed by atoms with E-state index >= 15 is 0 Å². The first-order chi connectivity index (χ1) is 11.4. The van der Waals surface area contributed by atoms with E-state index < -0.39 is 0 Å². The molecule has 0 fully saturated rings. The van der Waals surface area contributed by atoms with Gasteiger partial charge >= 0.3 is 0 Å². The molecule has 0 spiro atoms. The van der Waals surface area contributed by atoms with Crippen LogP contribution in [0, 0.1) is 0 Å². The molecule has 0 atom stereocenters. The van der Waals surface area contributed by atoms with Crippen molar-refractivity contribution in [2.45, 2.75) is 19.3 Å². The van der Waals surface area contributed by atoms with Gasteiger partial charge in [0.25, 0.3) is 0 Å². The first-order valence-electron chi connectivity index (χ1n) is 8.29. The van der Waals surface area contributed by atoms with Crippen LogP contribution in [0.3, 0.4) is 0 Å². The standard InChI is InChI=1S/C21H18N2/c1-2-6-16-14-19-17(13-15(16)5-1)8-9-20-18(19)10-12-23(20)21-7-3-4-11-22-21/h1-9,11H,10,12-14H2. The number of nitrogens with zero attached hydrogens (tertiary/aromatic N) is 2. The Kier molecular flexibility index (Phi) is 2.77. The van der Waals surface area contributed by atoms with Gasteiger partial charge in [0.15, 0.2) is 0 Å². The summed E-state index contributed by atoms with van der Waals surface area (Å²) in [6, 6.07) is 19.6. The predicted octanol–water partition coefficient (Wildman–Crippen LogP) is 4.27. The lowest BCUT2D eigenvalue weighted by Gasteiger charge is -2.24. The van der Waals surface area contributed by atoms with Crippen LogP contribution in [0.5, 0.6) is 0 Å².